The van der Waals surface area contributed by atoms with Crippen LogP contribution in [0.3, 0.4) is 0 Å². The fourth-order valence-corrected chi connectivity index (χ4v) is 3.02. The Morgan fingerprint density at radius 3 is 2.35 bits per heavy atom. The molecule has 34 heavy (non-hydrogen) atoms. The molecule has 0 aliphatic rings. The Balaban J connectivity index is 1.50. The summed E-state index contributed by atoms with van der Waals surface area (Å²) in [6, 6.07) is 15.8. The average molecular weight is 467 g/mol. The molecular weight excluding hydrogens is 441 g/mol. The molecule has 0 radical (unpaired) electrons. The van der Waals surface area contributed by atoms with Crippen molar-refractivity contribution in [2.24, 2.45) is 0 Å². The number of anilines is 1. The molecule has 1 amide bonds. The normalized spacial score (nSPS) is 10.4. The first-order valence-electron chi connectivity index (χ1n) is 10.6. The summed E-state index contributed by atoms with van der Waals surface area (Å²) in [4.78, 5) is 24.5. The molecule has 0 heterocycles. The molecule has 3 aromatic rings. The molecule has 8 heteroatoms. The second kappa shape index (κ2) is 11.7. The van der Waals surface area contributed by atoms with Gasteiger partial charge in [0.05, 0.1) is 12.7 Å². The second-order valence-corrected chi connectivity index (χ2v) is 7.46. The van der Waals surface area contributed by atoms with Crippen molar-refractivity contribution in [2.75, 3.05) is 32.2 Å². The van der Waals surface area contributed by atoms with Crippen LogP contribution in [-0.4, -0.2) is 38.8 Å². The molecule has 0 saturated carbocycles. The van der Waals surface area contributed by atoms with Crippen molar-refractivity contribution in [3.8, 4) is 17.2 Å². The lowest BCUT2D eigenvalue weighted by Gasteiger charge is -2.13. The van der Waals surface area contributed by atoms with Gasteiger partial charge in [-0.3, -0.25) is 4.79 Å². The highest BCUT2D eigenvalue weighted by molar-refractivity contribution is 5.92. The molecule has 0 aliphatic heterocycles. The summed E-state index contributed by atoms with van der Waals surface area (Å²) in [5.74, 6) is -0.0547. The van der Waals surface area contributed by atoms with E-state index in [9.17, 15) is 14.0 Å². The SMILES string of the molecule is COc1cc(C(=O)OCCOc2cc(C)ccc2C)ccc1OCC(=O)Nc1ccc(F)cc1. The second-order valence-electron chi connectivity index (χ2n) is 7.46. The molecule has 0 unspecified atom stereocenters. The van der Waals surface area contributed by atoms with Gasteiger partial charge in [-0.15, -0.1) is 0 Å². The van der Waals surface area contributed by atoms with E-state index in [4.69, 9.17) is 18.9 Å². The monoisotopic (exact) mass is 467 g/mol. The number of carbonyl (C=O) groups is 2. The number of rotatable bonds is 10. The molecule has 0 aromatic heterocycles. The minimum Gasteiger partial charge on any atom is -0.493 e. The first kappa shape index (κ1) is 24.6. The topological polar surface area (TPSA) is 83.1 Å². The highest BCUT2D eigenvalue weighted by atomic mass is 19.1. The van der Waals surface area contributed by atoms with Gasteiger partial charge in [0.2, 0.25) is 0 Å². The van der Waals surface area contributed by atoms with Gasteiger partial charge in [0.15, 0.2) is 18.1 Å². The van der Waals surface area contributed by atoms with Crippen molar-refractivity contribution in [1.29, 1.82) is 0 Å². The van der Waals surface area contributed by atoms with Gasteiger partial charge in [0.1, 0.15) is 24.8 Å². The maximum atomic E-state index is 13.0. The van der Waals surface area contributed by atoms with Crippen LogP contribution in [-0.2, 0) is 9.53 Å². The summed E-state index contributed by atoms with van der Waals surface area (Å²) in [6.07, 6.45) is 0. The van der Waals surface area contributed by atoms with E-state index in [0.29, 0.717) is 5.69 Å². The lowest BCUT2D eigenvalue weighted by atomic mass is 10.1. The number of esters is 1. The highest BCUT2D eigenvalue weighted by Gasteiger charge is 2.14. The van der Waals surface area contributed by atoms with Crippen LogP contribution in [0.4, 0.5) is 10.1 Å². The fraction of sp³-hybridized carbons (Fsp3) is 0.231. The third kappa shape index (κ3) is 6.96. The van der Waals surface area contributed by atoms with Crippen LogP contribution < -0.4 is 19.5 Å². The Morgan fingerprint density at radius 2 is 1.62 bits per heavy atom. The van der Waals surface area contributed by atoms with Gasteiger partial charge in [-0.25, -0.2) is 9.18 Å². The summed E-state index contributed by atoms with van der Waals surface area (Å²) in [5, 5.41) is 2.60. The lowest BCUT2D eigenvalue weighted by molar-refractivity contribution is -0.118. The minimum atomic E-state index is -0.538. The van der Waals surface area contributed by atoms with E-state index in [0.717, 1.165) is 16.9 Å². The van der Waals surface area contributed by atoms with Crippen LogP contribution in [0.2, 0.25) is 0 Å². The standard InChI is InChI=1S/C26H26FNO6/c1-17-4-5-18(2)23(14-17)32-12-13-33-26(30)19-6-11-22(24(15-19)31-3)34-16-25(29)28-21-9-7-20(27)8-10-21/h4-11,14-15H,12-13,16H2,1-3H3,(H,28,29). The first-order valence-corrected chi connectivity index (χ1v) is 10.6. The quantitative estimate of drug-likeness (QED) is 0.344. The van der Waals surface area contributed by atoms with Gasteiger partial charge in [-0.1, -0.05) is 12.1 Å². The average Bonchev–Trinajstić information content (AvgIpc) is 2.83. The van der Waals surface area contributed by atoms with Crippen LogP contribution in [0, 0.1) is 19.7 Å². The minimum absolute atomic E-state index is 0.0797. The van der Waals surface area contributed by atoms with Gasteiger partial charge in [-0.05, 0) is 73.5 Å². The summed E-state index contributed by atoms with van der Waals surface area (Å²) in [6.45, 7) is 3.93. The van der Waals surface area contributed by atoms with E-state index in [1.807, 2.05) is 32.0 Å². The van der Waals surface area contributed by atoms with E-state index in [1.54, 1.807) is 0 Å². The summed E-state index contributed by atoms with van der Waals surface area (Å²) < 4.78 is 34.7. The van der Waals surface area contributed by atoms with E-state index in [1.165, 1.54) is 49.6 Å². The Hall–Kier alpha value is -4.07. The third-order valence-electron chi connectivity index (χ3n) is 4.80. The van der Waals surface area contributed by atoms with Gasteiger partial charge in [-0.2, -0.15) is 0 Å². The van der Waals surface area contributed by atoms with Crippen molar-refractivity contribution >= 4 is 17.6 Å². The predicted molar refractivity (Wildman–Crippen MR) is 125 cm³/mol. The van der Waals surface area contributed by atoms with Crippen LogP contribution in [0.1, 0.15) is 21.5 Å². The third-order valence-corrected chi connectivity index (χ3v) is 4.80. The predicted octanol–water partition coefficient (Wildman–Crippen LogP) is 4.70. The maximum absolute atomic E-state index is 13.0. The van der Waals surface area contributed by atoms with Gasteiger partial charge in [0, 0.05) is 5.69 Å². The van der Waals surface area contributed by atoms with Crippen LogP contribution in [0.5, 0.6) is 17.2 Å². The van der Waals surface area contributed by atoms with Crippen molar-refractivity contribution in [3.05, 3.63) is 83.2 Å². The Morgan fingerprint density at radius 1 is 0.853 bits per heavy atom. The molecule has 0 atom stereocenters. The van der Waals surface area contributed by atoms with Crippen molar-refractivity contribution in [3.63, 3.8) is 0 Å². The van der Waals surface area contributed by atoms with Crippen molar-refractivity contribution < 1.29 is 32.9 Å². The largest absolute Gasteiger partial charge is 0.493 e. The molecule has 1 N–H and O–H groups in total. The van der Waals surface area contributed by atoms with E-state index >= 15 is 0 Å². The number of nitrogens with one attached hydrogen (secondary N) is 1. The molecule has 3 rings (SSSR count). The Kier molecular flexibility index (Phi) is 8.45. The van der Waals surface area contributed by atoms with Gasteiger partial charge < -0.3 is 24.3 Å². The molecule has 0 aliphatic carbocycles. The molecular formula is C26H26FNO6. The summed E-state index contributed by atoms with van der Waals surface area (Å²) in [7, 11) is 1.42. The molecule has 178 valence electrons. The number of carbonyl (C=O) groups excluding carboxylic acids is 2. The van der Waals surface area contributed by atoms with E-state index in [-0.39, 0.29) is 36.9 Å². The van der Waals surface area contributed by atoms with Crippen LogP contribution >= 0.6 is 0 Å². The van der Waals surface area contributed by atoms with E-state index in [2.05, 4.69) is 5.32 Å². The van der Waals surface area contributed by atoms with Crippen LogP contribution in [0.15, 0.2) is 60.7 Å². The number of aryl methyl sites for hydroxylation is 2. The molecule has 0 bridgehead atoms. The summed E-state index contributed by atoms with van der Waals surface area (Å²) in [5.41, 5.74) is 2.80. The molecule has 3 aromatic carbocycles. The molecule has 0 saturated heterocycles. The zero-order chi connectivity index (χ0) is 24.5. The highest BCUT2D eigenvalue weighted by Crippen LogP contribution is 2.28. The van der Waals surface area contributed by atoms with E-state index < -0.39 is 17.7 Å². The van der Waals surface area contributed by atoms with Gasteiger partial charge >= 0.3 is 5.97 Å². The maximum Gasteiger partial charge on any atom is 0.338 e. The van der Waals surface area contributed by atoms with Gasteiger partial charge in [0.25, 0.3) is 5.91 Å². The summed E-state index contributed by atoms with van der Waals surface area (Å²) >= 11 is 0. The lowest BCUT2D eigenvalue weighted by Crippen LogP contribution is -2.20. The zero-order valence-corrected chi connectivity index (χ0v) is 19.2. The number of benzene rings is 3. The van der Waals surface area contributed by atoms with Crippen molar-refractivity contribution in [1.82, 2.24) is 0 Å². The number of methoxy groups -OCH3 is 1. The number of hydrogen-bond acceptors (Lipinski definition) is 6. The van der Waals surface area contributed by atoms with Crippen molar-refractivity contribution in [2.45, 2.75) is 13.8 Å². The number of amides is 1. The zero-order valence-electron chi connectivity index (χ0n) is 19.2. The fourth-order valence-electron chi connectivity index (χ4n) is 3.02. The number of ether oxygens (including phenoxy) is 4. The Bertz CT molecular complexity index is 1150. The number of hydrogen-bond donors (Lipinski definition) is 1. The Labute approximate surface area is 197 Å². The van der Waals surface area contributed by atoms with Crippen LogP contribution in [0.25, 0.3) is 0 Å². The molecule has 7 nitrogen and oxygen atoms in total. The first-order chi connectivity index (χ1) is 16.4. The smallest absolute Gasteiger partial charge is 0.338 e. The molecule has 0 spiro atoms. The number of halogens is 1. The molecule has 0 fully saturated rings.